The molecular formula is C9H7F3N4O2S. The molecule has 19 heavy (non-hydrogen) atoms. The summed E-state index contributed by atoms with van der Waals surface area (Å²) in [6, 6.07) is 0. The molecule has 0 aliphatic carbocycles. The average Bonchev–Trinajstić information content (AvgIpc) is 2.74. The van der Waals surface area contributed by atoms with E-state index in [1.165, 1.54) is 0 Å². The van der Waals surface area contributed by atoms with Gasteiger partial charge in [-0.3, -0.25) is 5.41 Å². The first-order valence-corrected chi connectivity index (χ1v) is 5.84. The largest absolute Gasteiger partial charge is 0.462 e. The Labute approximate surface area is 108 Å². The minimum absolute atomic E-state index is 0.0891. The Kier molecular flexibility index (Phi) is 3.27. The van der Waals surface area contributed by atoms with Gasteiger partial charge >= 0.3 is 12.1 Å². The quantitative estimate of drug-likeness (QED) is 0.850. The van der Waals surface area contributed by atoms with E-state index < -0.39 is 22.6 Å². The third-order valence-electron chi connectivity index (χ3n) is 2.07. The van der Waals surface area contributed by atoms with Crippen LogP contribution in [0.3, 0.4) is 0 Å². The summed E-state index contributed by atoms with van der Waals surface area (Å²) < 4.78 is 42.8. The molecular weight excluding hydrogens is 285 g/mol. The molecule has 0 aromatic carbocycles. The van der Waals surface area contributed by atoms with Crippen molar-refractivity contribution in [2.75, 3.05) is 6.61 Å². The lowest BCUT2D eigenvalue weighted by atomic mass is 10.3. The summed E-state index contributed by atoms with van der Waals surface area (Å²) >= 11 is 0.296. The normalized spacial score (nSPS) is 11.8. The van der Waals surface area contributed by atoms with Crippen molar-refractivity contribution in [3.8, 4) is 0 Å². The number of aromatic nitrogens is 3. The molecule has 102 valence electrons. The number of alkyl halides is 3. The number of nitrogens with one attached hydrogen (secondary N) is 1. The predicted octanol–water partition coefficient (Wildman–Crippen LogP) is 1.47. The Morgan fingerprint density at radius 3 is 2.84 bits per heavy atom. The van der Waals surface area contributed by atoms with E-state index in [1.807, 2.05) is 0 Å². The first kappa shape index (κ1) is 13.5. The fourth-order valence-corrected chi connectivity index (χ4v) is 2.01. The maximum Gasteiger partial charge on any atom is 0.445 e. The second kappa shape index (κ2) is 4.61. The van der Waals surface area contributed by atoms with Gasteiger partial charge in [-0.05, 0) is 6.92 Å². The van der Waals surface area contributed by atoms with Gasteiger partial charge < -0.3 is 4.74 Å². The van der Waals surface area contributed by atoms with Crippen molar-refractivity contribution < 1.29 is 22.7 Å². The fourth-order valence-electron chi connectivity index (χ4n) is 1.28. The molecule has 0 saturated heterocycles. The molecule has 0 atom stereocenters. The lowest BCUT2D eigenvalue weighted by molar-refractivity contribution is -0.138. The molecule has 2 aromatic heterocycles. The number of carbonyl (C=O) groups excluding carboxylic acids is 1. The number of fused-ring (bicyclic) bond motifs is 1. The van der Waals surface area contributed by atoms with E-state index in [9.17, 15) is 18.0 Å². The Hall–Kier alpha value is -1.97. The highest BCUT2D eigenvalue weighted by Crippen LogP contribution is 2.31. The maximum absolute atomic E-state index is 12.5. The lowest BCUT2D eigenvalue weighted by Gasteiger charge is -2.01. The van der Waals surface area contributed by atoms with E-state index in [4.69, 9.17) is 5.41 Å². The van der Waals surface area contributed by atoms with Crippen LogP contribution in [-0.2, 0) is 10.9 Å². The first-order valence-electron chi connectivity index (χ1n) is 5.02. The van der Waals surface area contributed by atoms with Gasteiger partial charge in [0.05, 0.1) is 6.61 Å². The Balaban J connectivity index is 2.59. The zero-order valence-corrected chi connectivity index (χ0v) is 10.3. The molecule has 2 aromatic rings. The van der Waals surface area contributed by atoms with Crippen molar-refractivity contribution in [1.29, 1.82) is 5.41 Å². The van der Waals surface area contributed by atoms with E-state index in [1.54, 1.807) is 6.92 Å². The highest BCUT2D eigenvalue weighted by atomic mass is 32.1. The van der Waals surface area contributed by atoms with Crippen LogP contribution in [0.2, 0.25) is 0 Å². The van der Waals surface area contributed by atoms with Crippen LogP contribution in [0, 0.1) is 5.41 Å². The highest BCUT2D eigenvalue weighted by Gasteiger charge is 2.36. The molecule has 0 aliphatic rings. The average molecular weight is 292 g/mol. The van der Waals surface area contributed by atoms with Gasteiger partial charge in [-0.2, -0.15) is 17.7 Å². The van der Waals surface area contributed by atoms with E-state index in [2.05, 4.69) is 14.8 Å². The second-order valence-corrected chi connectivity index (χ2v) is 4.30. The maximum atomic E-state index is 12.5. The first-order chi connectivity index (χ1) is 8.84. The highest BCUT2D eigenvalue weighted by molar-refractivity contribution is 7.16. The molecule has 2 rings (SSSR count). The zero-order valence-electron chi connectivity index (χ0n) is 9.48. The summed E-state index contributed by atoms with van der Waals surface area (Å²) in [5, 5.41) is 9.77. The Morgan fingerprint density at radius 2 is 2.26 bits per heavy atom. The van der Waals surface area contributed by atoms with Crippen molar-refractivity contribution in [1.82, 2.24) is 14.6 Å². The van der Waals surface area contributed by atoms with Crippen LogP contribution in [-0.4, -0.2) is 27.2 Å². The third kappa shape index (κ3) is 2.43. The SMILES string of the molecule is CCOC(=O)c1cnc2sc(C(F)(F)F)nn2c1=N. The topological polar surface area (TPSA) is 80.3 Å². The molecule has 0 radical (unpaired) electrons. The molecule has 0 fully saturated rings. The zero-order chi connectivity index (χ0) is 14.2. The van der Waals surface area contributed by atoms with Crippen molar-refractivity contribution >= 4 is 22.3 Å². The summed E-state index contributed by atoms with van der Waals surface area (Å²) in [7, 11) is 0. The van der Waals surface area contributed by atoms with Crippen LogP contribution < -0.4 is 5.49 Å². The van der Waals surface area contributed by atoms with Gasteiger partial charge in [-0.15, -0.1) is 5.10 Å². The second-order valence-electron chi connectivity index (χ2n) is 3.34. The summed E-state index contributed by atoms with van der Waals surface area (Å²) in [4.78, 5) is 15.0. The minimum Gasteiger partial charge on any atom is -0.462 e. The smallest absolute Gasteiger partial charge is 0.445 e. The van der Waals surface area contributed by atoms with Crippen LogP contribution in [0.4, 0.5) is 13.2 Å². The summed E-state index contributed by atoms with van der Waals surface area (Å²) in [6.45, 7) is 1.66. The number of rotatable bonds is 2. The lowest BCUT2D eigenvalue weighted by Crippen LogP contribution is -2.25. The van der Waals surface area contributed by atoms with Crippen molar-refractivity contribution in [3.05, 3.63) is 22.3 Å². The van der Waals surface area contributed by atoms with E-state index in [0.717, 1.165) is 6.20 Å². The number of nitrogens with zero attached hydrogens (tertiary/aromatic N) is 3. The number of carbonyl (C=O) groups is 1. The van der Waals surface area contributed by atoms with Crippen molar-refractivity contribution in [2.45, 2.75) is 13.1 Å². The number of hydrogen-bond acceptors (Lipinski definition) is 6. The monoisotopic (exact) mass is 292 g/mol. The van der Waals surface area contributed by atoms with Gasteiger partial charge in [0.25, 0.3) is 0 Å². The van der Waals surface area contributed by atoms with Crippen molar-refractivity contribution in [2.24, 2.45) is 0 Å². The van der Waals surface area contributed by atoms with Gasteiger partial charge in [0.2, 0.25) is 9.97 Å². The number of ether oxygens (including phenoxy) is 1. The molecule has 6 nitrogen and oxygen atoms in total. The Morgan fingerprint density at radius 1 is 1.58 bits per heavy atom. The molecule has 0 saturated carbocycles. The Bertz CT molecular complexity index is 691. The van der Waals surface area contributed by atoms with E-state index in [-0.39, 0.29) is 17.1 Å². The van der Waals surface area contributed by atoms with Crippen LogP contribution in [0.1, 0.15) is 22.3 Å². The number of esters is 1. The van der Waals surface area contributed by atoms with E-state index in [0.29, 0.717) is 15.9 Å². The van der Waals surface area contributed by atoms with Gasteiger partial charge in [0.1, 0.15) is 5.56 Å². The predicted molar refractivity (Wildman–Crippen MR) is 57.7 cm³/mol. The fraction of sp³-hybridized carbons (Fsp3) is 0.333. The summed E-state index contributed by atoms with van der Waals surface area (Å²) in [5.74, 6) is -0.823. The summed E-state index contributed by atoms with van der Waals surface area (Å²) in [6.07, 6.45) is -3.61. The molecule has 0 unspecified atom stereocenters. The van der Waals surface area contributed by atoms with E-state index >= 15 is 0 Å². The minimum atomic E-state index is -4.62. The molecule has 10 heteroatoms. The van der Waals surface area contributed by atoms with Gasteiger partial charge in [-0.1, -0.05) is 11.3 Å². The van der Waals surface area contributed by atoms with Gasteiger partial charge in [0, 0.05) is 6.20 Å². The number of halogens is 3. The van der Waals surface area contributed by atoms with Gasteiger partial charge in [-0.25, -0.2) is 9.78 Å². The van der Waals surface area contributed by atoms with Crippen LogP contribution >= 0.6 is 11.3 Å². The molecule has 0 bridgehead atoms. The summed E-state index contributed by atoms with van der Waals surface area (Å²) in [5.41, 5.74) is -0.728. The molecule has 0 spiro atoms. The van der Waals surface area contributed by atoms with Crippen LogP contribution in [0.5, 0.6) is 0 Å². The number of hydrogen-bond donors (Lipinski definition) is 1. The third-order valence-corrected chi connectivity index (χ3v) is 3.04. The van der Waals surface area contributed by atoms with Crippen LogP contribution in [0.25, 0.3) is 4.96 Å². The molecule has 2 heterocycles. The van der Waals surface area contributed by atoms with Gasteiger partial charge in [0.15, 0.2) is 5.49 Å². The van der Waals surface area contributed by atoms with Crippen LogP contribution in [0.15, 0.2) is 6.20 Å². The molecule has 1 N–H and O–H groups in total. The molecule has 0 amide bonds. The van der Waals surface area contributed by atoms with Crippen molar-refractivity contribution in [3.63, 3.8) is 0 Å². The molecule has 0 aliphatic heterocycles. The standard InChI is InChI=1S/C9H7F3N4O2S/c1-2-18-6(17)4-3-14-8-16(5(4)13)15-7(19-8)9(10,11)12/h3,13H,2H2,1H3.